The lowest BCUT2D eigenvalue weighted by Gasteiger charge is -2.38. The number of hydrogen-bond acceptors (Lipinski definition) is 9. The molecular weight excluding hydrogens is 513 g/mol. The van der Waals surface area contributed by atoms with E-state index in [1.807, 2.05) is 19.2 Å². The molecule has 11 heteroatoms. The van der Waals surface area contributed by atoms with Crippen LogP contribution in [0.2, 0.25) is 0 Å². The van der Waals surface area contributed by atoms with Crippen LogP contribution in [0.5, 0.6) is 11.6 Å². The molecule has 5 rings (SSSR count). The number of hydrogen-bond donors (Lipinski definition) is 2. The Hall–Kier alpha value is -4.12. The number of anilines is 4. The van der Waals surface area contributed by atoms with Crippen molar-refractivity contribution in [3.8, 4) is 11.6 Å². The van der Waals surface area contributed by atoms with E-state index in [0.717, 1.165) is 43.0 Å². The summed E-state index contributed by atoms with van der Waals surface area (Å²) in [5.41, 5.74) is 3.27. The first-order chi connectivity index (χ1) is 19.3. The van der Waals surface area contributed by atoms with Crippen molar-refractivity contribution in [2.45, 2.75) is 25.0 Å². The van der Waals surface area contributed by atoms with Crippen molar-refractivity contribution in [2.75, 3.05) is 70.0 Å². The van der Waals surface area contributed by atoms with Gasteiger partial charge in [0, 0.05) is 50.1 Å². The molecule has 2 aromatic carbocycles. The number of carbonyl (C=O) groups excluding carboxylic acids is 1. The summed E-state index contributed by atoms with van der Waals surface area (Å²) in [5, 5.41) is 6.59. The maximum Gasteiger partial charge on any atom is 0.254 e. The molecule has 1 amide bonds. The zero-order valence-electron chi connectivity index (χ0n) is 23.4. The number of halogens is 1. The first kappa shape index (κ1) is 27.4. The van der Waals surface area contributed by atoms with E-state index >= 15 is 0 Å². The molecule has 0 aliphatic carbocycles. The van der Waals surface area contributed by atoms with Crippen molar-refractivity contribution in [3.63, 3.8) is 0 Å². The van der Waals surface area contributed by atoms with Gasteiger partial charge in [-0.1, -0.05) is 0 Å². The zero-order chi connectivity index (χ0) is 28.2. The van der Waals surface area contributed by atoms with E-state index in [9.17, 15) is 9.18 Å². The molecule has 1 aromatic heterocycles. The highest BCUT2D eigenvalue weighted by Crippen LogP contribution is 2.39. The number of nitrogens with one attached hydrogen (secondary N) is 2. The van der Waals surface area contributed by atoms with Gasteiger partial charge in [0.2, 0.25) is 11.8 Å². The predicted molar refractivity (Wildman–Crippen MR) is 153 cm³/mol. The normalized spacial score (nSPS) is 16.1. The molecule has 2 N–H and O–H groups in total. The second kappa shape index (κ2) is 12.0. The van der Waals surface area contributed by atoms with Gasteiger partial charge in [0.05, 0.1) is 37.3 Å². The van der Waals surface area contributed by atoms with Gasteiger partial charge in [-0.05, 0) is 57.3 Å². The Balaban J connectivity index is 1.23. The third-order valence-corrected chi connectivity index (χ3v) is 7.51. The van der Waals surface area contributed by atoms with E-state index in [1.165, 1.54) is 24.3 Å². The molecule has 2 fully saturated rings. The lowest BCUT2D eigenvalue weighted by atomic mass is 10.0. The van der Waals surface area contributed by atoms with E-state index in [0.29, 0.717) is 42.3 Å². The highest BCUT2D eigenvalue weighted by Gasteiger charge is 2.33. The van der Waals surface area contributed by atoms with Crippen molar-refractivity contribution in [2.24, 2.45) is 0 Å². The summed E-state index contributed by atoms with van der Waals surface area (Å²) in [5.74, 6) is 0.946. The van der Waals surface area contributed by atoms with Crippen LogP contribution in [-0.2, 0) is 0 Å². The van der Waals surface area contributed by atoms with Crippen LogP contribution in [0.1, 0.15) is 23.2 Å². The fourth-order valence-electron chi connectivity index (χ4n) is 5.13. The van der Waals surface area contributed by atoms with E-state index in [-0.39, 0.29) is 17.8 Å². The van der Waals surface area contributed by atoms with E-state index in [1.54, 1.807) is 24.3 Å². The Labute approximate surface area is 234 Å². The number of likely N-dealkylation sites (tertiary alicyclic amines) is 1. The summed E-state index contributed by atoms with van der Waals surface area (Å²) in [7, 11) is 7.85. The van der Waals surface area contributed by atoms with Gasteiger partial charge >= 0.3 is 0 Å². The monoisotopic (exact) mass is 549 g/mol. The number of piperidine rings is 1. The van der Waals surface area contributed by atoms with Crippen LogP contribution in [0, 0.1) is 5.82 Å². The second-order valence-corrected chi connectivity index (χ2v) is 10.3. The molecule has 3 heterocycles. The predicted octanol–water partition coefficient (Wildman–Crippen LogP) is 3.84. The average molecular weight is 550 g/mol. The maximum atomic E-state index is 13.2. The van der Waals surface area contributed by atoms with Crippen molar-refractivity contribution in [3.05, 3.63) is 60.0 Å². The Morgan fingerprint density at radius 1 is 1.07 bits per heavy atom. The number of nitrogens with zero attached hydrogens (tertiary/aromatic N) is 5. The Bertz CT molecular complexity index is 1320. The highest BCUT2D eigenvalue weighted by atomic mass is 19.1. The smallest absolute Gasteiger partial charge is 0.254 e. The minimum atomic E-state index is -0.370. The molecule has 40 heavy (non-hydrogen) atoms. The number of ether oxygens (including phenoxy) is 2. The summed E-state index contributed by atoms with van der Waals surface area (Å²) in [6.45, 7) is 2.80. The molecule has 212 valence electrons. The van der Waals surface area contributed by atoms with Crippen molar-refractivity contribution in [1.29, 1.82) is 0 Å². The Morgan fingerprint density at radius 2 is 1.80 bits per heavy atom. The van der Waals surface area contributed by atoms with Gasteiger partial charge in [0.25, 0.3) is 5.91 Å². The van der Waals surface area contributed by atoms with Gasteiger partial charge in [0.15, 0.2) is 0 Å². The van der Waals surface area contributed by atoms with Crippen LogP contribution in [-0.4, -0.2) is 92.3 Å². The van der Waals surface area contributed by atoms with Crippen LogP contribution >= 0.6 is 0 Å². The third kappa shape index (κ3) is 6.04. The lowest BCUT2D eigenvalue weighted by molar-refractivity contribution is 0.0160. The number of methoxy groups -OCH3 is 1. The molecule has 0 radical (unpaired) electrons. The summed E-state index contributed by atoms with van der Waals surface area (Å²) in [4.78, 5) is 27.8. The van der Waals surface area contributed by atoms with Crippen LogP contribution in [0.15, 0.2) is 48.7 Å². The lowest BCUT2D eigenvalue weighted by Crippen LogP contribution is -2.56. The summed E-state index contributed by atoms with van der Waals surface area (Å²) < 4.78 is 24.9. The molecule has 2 aliphatic heterocycles. The third-order valence-electron chi connectivity index (χ3n) is 7.51. The average Bonchev–Trinajstić information content (AvgIpc) is 2.95. The minimum absolute atomic E-state index is 0.150. The van der Waals surface area contributed by atoms with Gasteiger partial charge < -0.3 is 34.8 Å². The Kier molecular flexibility index (Phi) is 8.20. The first-order valence-electron chi connectivity index (χ1n) is 13.5. The molecule has 2 aliphatic rings. The van der Waals surface area contributed by atoms with Crippen LogP contribution in [0.25, 0.3) is 0 Å². The van der Waals surface area contributed by atoms with Crippen molar-refractivity contribution in [1.82, 2.24) is 19.8 Å². The van der Waals surface area contributed by atoms with Crippen molar-refractivity contribution < 1.29 is 18.7 Å². The fraction of sp³-hybridized carbons (Fsp3) is 0.414. The van der Waals surface area contributed by atoms with E-state index in [2.05, 4.69) is 44.5 Å². The van der Waals surface area contributed by atoms with Gasteiger partial charge in [-0.15, -0.1) is 0 Å². The van der Waals surface area contributed by atoms with E-state index < -0.39 is 0 Å². The molecular formula is C29H36FN7O3. The highest BCUT2D eigenvalue weighted by molar-refractivity contribution is 5.94. The molecule has 10 nitrogen and oxygen atoms in total. The van der Waals surface area contributed by atoms with Gasteiger partial charge in [-0.25, -0.2) is 9.37 Å². The Morgan fingerprint density at radius 3 is 2.45 bits per heavy atom. The van der Waals surface area contributed by atoms with Gasteiger partial charge in [0.1, 0.15) is 17.7 Å². The summed E-state index contributed by atoms with van der Waals surface area (Å²) >= 11 is 0. The standard InChI is InChI=1S/C29H36FN7O3/c1-31-23-15-24(26(39-4)16-25(23)36-13-10-21(11-14-36)35(2)3)33-29-32-12-9-27(34-29)40-22-17-37(18-22)28(38)19-5-7-20(30)8-6-19/h5-9,12,15-16,21-22,31H,10-11,13-14,17-18H2,1-4H3,(H,32,33,34). The molecule has 0 bridgehead atoms. The fourth-order valence-corrected chi connectivity index (χ4v) is 5.13. The molecule has 2 saturated heterocycles. The summed E-state index contributed by atoms with van der Waals surface area (Å²) in [6, 6.07) is 11.9. The largest absolute Gasteiger partial charge is 0.494 e. The number of amides is 1. The zero-order valence-corrected chi connectivity index (χ0v) is 23.4. The minimum Gasteiger partial charge on any atom is -0.494 e. The van der Waals surface area contributed by atoms with E-state index in [4.69, 9.17) is 9.47 Å². The number of carbonyl (C=O) groups is 1. The first-order valence-corrected chi connectivity index (χ1v) is 13.5. The number of rotatable bonds is 9. The summed E-state index contributed by atoms with van der Waals surface area (Å²) in [6.07, 6.45) is 3.66. The molecule has 0 saturated carbocycles. The molecule has 3 aromatic rings. The maximum absolute atomic E-state index is 13.2. The quantitative estimate of drug-likeness (QED) is 0.413. The number of benzene rings is 2. The second-order valence-electron chi connectivity index (χ2n) is 10.3. The molecule has 0 spiro atoms. The van der Waals surface area contributed by atoms with Gasteiger partial charge in [-0.2, -0.15) is 4.98 Å². The van der Waals surface area contributed by atoms with Crippen molar-refractivity contribution >= 4 is 28.9 Å². The van der Waals surface area contributed by atoms with Crippen LogP contribution in [0.4, 0.5) is 27.4 Å². The van der Waals surface area contributed by atoms with Crippen LogP contribution in [0.3, 0.4) is 0 Å². The number of aromatic nitrogens is 2. The van der Waals surface area contributed by atoms with Gasteiger partial charge in [-0.3, -0.25) is 4.79 Å². The van der Waals surface area contributed by atoms with Crippen LogP contribution < -0.4 is 25.0 Å². The topological polar surface area (TPSA) is 95.1 Å². The molecule has 0 atom stereocenters. The SMILES string of the molecule is CNc1cc(Nc2nccc(OC3CN(C(=O)c4ccc(F)cc4)C3)n2)c(OC)cc1N1CCC(N(C)C)CC1. The molecule has 0 unspecified atom stereocenters.